The summed E-state index contributed by atoms with van der Waals surface area (Å²) in [6.07, 6.45) is 1.09. The van der Waals surface area contributed by atoms with Gasteiger partial charge in [0.15, 0.2) is 0 Å². The minimum absolute atomic E-state index is 0.140. The van der Waals surface area contributed by atoms with Gasteiger partial charge in [0.2, 0.25) is 0 Å². The van der Waals surface area contributed by atoms with Gasteiger partial charge in [-0.2, -0.15) is 0 Å². The second-order valence-electron chi connectivity index (χ2n) is 5.94. The average Bonchev–Trinajstić information content (AvgIpc) is 3.06. The molecule has 2 aliphatic heterocycles. The zero-order chi connectivity index (χ0) is 15.4. The fraction of sp³-hybridized carbons (Fsp3) is 0.588. The van der Waals surface area contributed by atoms with Gasteiger partial charge >= 0.3 is 0 Å². The first-order valence-corrected chi connectivity index (χ1v) is 8.25. The maximum atomic E-state index is 12.6. The Balaban J connectivity index is 1.58. The van der Waals surface area contributed by atoms with Crippen molar-refractivity contribution in [1.82, 2.24) is 15.1 Å². The van der Waals surface area contributed by atoms with Crippen LogP contribution >= 0.6 is 0 Å². The van der Waals surface area contributed by atoms with Crippen molar-refractivity contribution in [2.45, 2.75) is 19.4 Å². The molecule has 0 radical (unpaired) electrons. The van der Waals surface area contributed by atoms with Crippen LogP contribution in [-0.2, 0) is 0 Å². The second kappa shape index (κ2) is 7.11. The fourth-order valence-electron chi connectivity index (χ4n) is 3.31. The van der Waals surface area contributed by atoms with Gasteiger partial charge in [-0.1, -0.05) is 0 Å². The molecule has 1 unspecified atom stereocenters. The monoisotopic (exact) mass is 303 g/mol. The van der Waals surface area contributed by atoms with Crippen LogP contribution in [0, 0.1) is 0 Å². The maximum Gasteiger partial charge on any atom is 0.253 e. The van der Waals surface area contributed by atoms with E-state index in [1.165, 1.54) is 0 Å². The fourth-order valence-corrected chi connectivity index (χ4v) is 3.31. The molecule has 2 fully saturated rings. The summed E-state index contributed by atoms with van der Waals surface area (Å²) in [6, 6.07) is 8.01. The van der Waals surface area contributed by atoms with E-state index in [0.717, 1.165) is 57.0 Å². The zero-order valence-electron chi connectivity index (χ0n) is 13.3. The van der Waals surface area contributed by atoms with Crippen LogP contribution in [-0.4, -0.2) is 67.6 Å². The van der Waals surface area contributed by atoms with Gasteiger partial charge in [0.25, 0.3) is 5.91 Å². The Kier molecular flexibility index (Phi) is 4.95. The number of likely N-dealkylation sites (tertiary alicyclic amines) is 1. The highest BCUT2D eigenvalue weighted by atomic mass is 16.5. The summed E-state index contributed by atoms with van der Waals surface area (Å²) in [5.41, 5.74) is 0.754. The number of hydrogen-bond acceptors (Lipinski definition) is 4. The lowest BCUT2D eigenvalue weighted by Gasteiger charge is -2.32. The van der Waals surface area contributed by atoms with Crippen molar-refractivity contribution in [1.29, 1.82) is 0 Å². The molecule has 1 atom stereocenters. The van der Waals surface area contributed by atoms with E-state index < -0.39 is 0 Å². The van der Waals surface area contributed by atoms with E-state index in [9.17, 15) is 4.79 Å². The van der Waals surface area contributed by atoms with Gasteiger partial charge in [0.1, 0.15) is 5.75 Å². The van der Waals surface area contributed by atoms with Crippen molar-refractivity contribution in [3.8, 4) is 5.75 Å². The summed E-state index contributed by atoms with van der Waals surface area (Å²) >= 11 is 0. The quantitative estimate of drug-likeness (QED) is 0.908. The highest BCUT2D eigenvalue weighted by molar-refractivity contribution is 5.94. The molecule has 0 spiro atoms. The third kappa shape index (κ3) is 3.42. The molecule has 0 aliphatic carbocycles. The minimum atomic E-state index is 0.140. The number of nitrogens with one attached hydrogen (secondary N) is 1. The molecular weight excluding hydrogens is 278 g/mol. The molecule has 1 N–H and O–H groups in total. The first-order chi connectivity index (χ1) is 10.8. The number of ether oxygens (including phenoxy) is 1. The molecule has 5 heteroatoms. The largest absolute Gasteiger partial charge is 0.494 e. The van der Waals surface area contributed by atoms with Crippen LogP contribution < -0.4 is 10.1 Å². The Morgan fingerprint density at radius 2 is 1.95 bits per heavy atom. The minimum Gasteiger partial charge on any atom is -0.494 e. The van der Waals surface area contributed by atoms with Crippen molar-refractivity contribution < 1.29 is 9.53 Å². The van der Waals surface area contributed by atoms with Gasteiger partial charge in [-0.15, -0.1) is 0 Å². The summed E-state index contributed by atoms with van der Waals surface area (Å²) in [5.74, 6) is 0.958. The van der Waals surface area contributed by atoms with Gasteiger partial charge in [0, 0.05) is 50.9 Å². The van der Waals surface area contributed by atoms with E-state index in [2.05, 4.69) is 10.2 Å². The van der Waals surface area contributed by atoms with Gasteiger partial charge in [0.05, 0.1) is 6.61 Å². The highest BCUT2D eigenvalue weighted by Gasteiger charge is 2.31. The maximum absolute atomic E-state index is 12.6. The number of carbonyl (C=O) groups excluding carboxylic acids is 1. The molecule has 1 aromatic carbocycles. The Labute approximate surface area is 132 Å². The van der Waals surface area contributed by atoms with Crippen LogP contribution in [0.25, 0.3) is 0 Å². The molecule has 3 rings (SSSR count). The standard InChI is InChI=1S/C17H25N3O2/c1-2-22-16-5-3-14(4-6-16)17(21)20-10-7-15(13-20)19-11-8-18-9-12-19/h3-6,15,18H,2,7-13H2,1H3. The van der Waals surface area contributed by atoms with Crippen LogP contribution in [0.1, 0.15) is 23.7 Å². The summed E-state index contributed by atoms with van der Waals surface area (Å²) in [4.78, 5) is 17.1. The highest BCUT2D eigenvalue weighted by Crippen LogP contribution is 2.20. The predicted octanol–water partition coefficient (Wildman–Crippen LogP) is 1.20. The lowest BCUT2D eigenvalue weighted by atomic mass is 10.2. The first-order valence-electron chi connectivity index (χ1n) is 8.25. The summed E-state index contributed by atoms with van der Waals surface area (Å²) < 4.78 is 5.42. The summed E-state index contributed by atoms with van der Waals surface area (Å²) in [5, 5.41) is 3.38. The molecule has 0 saturated carbocycles. The van der Waals surface area contributed by atoms with E-state index in [1.807, 2.05) is 36.1 Å². The van der Waals surface area contributed by atoms with Gasteiger partial charge < -0.3 is 15.0 Å². The third-order valence-corrected chi connectivity index (χ3v) is 4.53. The molecule has 2 heterocycles. The molecule has 2 aliphatic rings. The number of amides is 1. The number of benzene rings is 1. The Morgan fingerprint density at radius 3 is 2.64 bits per heavy atom. The first kappa shape index (κ1) is 15.3. The summed E-state index contributed by atoms with van der Waals surface area (Å²) in [7, 11) is 0. The van der Waals surface area contributed by atoms with Crippen LogP contribution in [0.5, 0.6) is 5.75 Å². The zero-order valence-corrected chi connectivity index (χ0v) is 13.3. The Bertz CT molecular complexity index is 497. The third-order valence-electron chi connectivity index (χ3n) is 4.53. The number of nitrogens with zero attached hydrogens (tertiary/aromatic N) is 2. The SMILES string of the molecule is CCOc1ccc(C(=O)N2CCC(N3CCNCC3)C2)cc1. The molecule has 0 bridgehead atoms. The molecule has 0 aromatic heterocycles. The van der Waals surface area contributed by atoms with Gasteiger partial charge in [-0.25, -0.2) is 0 Å². The van der Waals surface area contributed by atoms with Crippen molar-refractivity contribution >= 4 is 5.91 Å². The van der Waals surface area contributed by atoms with Crippen LogP contribution in [0.4, 0.5) is 0 Å². The van der Waals surface area contributed by atoms with E-state index in [-0.39, 0.29) is 5.91 Å². The second-order valence-corrected chi connectivity index (χ2v) is 5.94. The normalized spacial score (nSPS) is 22.8. The average molecular weight is 303 g/mol. The topological polar surface area (TPSA) is 44.8 Å². The van der Waals surface area contributed by atoms with E-state index in [0.29, 0.717) is 12.6 Å². The lowest BCUT2D eigenvalue weighted by Crippen LogP contribution is -2.49. The van der Waals surface area contributed by atoms with Crippen LogP contribution in [0.3, 0.4) is 0 Å². The van der Waals surface area contributed by atoms with Crippen molar-refractivity contribution in [2.75, 3.05) is 45.9 Å². The van der Waals surface area contributed by atoms with Crippen molar-refractivity contribution in [2.24, 2.45) is 0 Å². The Morgan fingerprint density at radius 1 is 1.23 bits per heavy atom. The predicted molar refractivity (Wildman–Crippen MR) is 86.4 cm³/mol. The van der Waals surface area contributed by atoms with Crippen molar-refractivity contribution in [3.05, 3.63) is 29.8 Å². The summed E-state index contributed by atoms with van der Waals surface area (Å²) in [6.45, 7) is 8.62. The number of rotatable bonds is 4. The molecule has 1 amide bonds. The molecule has 2 saturated heterocycles. The molecule has 1 aromatic rings. The number of hydrogen-bond donors (Lipinski definition) is 1. The number of carbonyl (C=O) groups is 1. The van der Waals surface area contributed by atoms with Gasteiger partial charge in [-0.05, 0) is 37.6 Å². The molecular formula is C17H25N3O2. The van der Waals surface area contributed by atoms with Crippen LogP contribution in [0.15, 0.2) is 24.3 Å². The van der Waals surface area contributed by atoms with Crippen LogP contribution in [0.2, 0.25) is 0 Å². The molecule has 5 nitrogen and oxygen atoms in total. The smallest absolute Gasteiger partial charge is 0.253 e. The van der Waals surface area contributed by atoms with E-state index >= 15 is 0 Å². The van der Waals surface area contributed by atoms with Gasteiger partial charge in [-0.3, -0.25) is 9.69 Å². The Hall–Kier alpha value is -1.59. The lowest BCUT2D eigenvalue weighted by molar-refractivity contribution is 0.0773. The molecule has 120 valence electrons. The van der Waals surface area contributed by atoms with E-state index in [1.54, 1.807) is 0 Å². The molecule has 22 heavy (non-hydrogen) atoms. The van der Waals surface area contributed by atoms with Crippen molar-refractivity contribution in [3.63, 3.8) is 0 Å². The number of piperazine rings is 1. The van der Waals surface area contributed by atoms with E-state index in [4.69, 9.17) is 4.74 Å².